The van der Waals surface area contributed by atoms with E-state index < -0.39 is 0 Å². The lowest BCUT2D eigenvalue weighted by atomic mass is 10.2. The predicted molar refractivity (Wildman–Crippen MR) is 61.5 cm³/mol. The number of anilines is 2. The molecule has 2 rings (SSSR count). The van der Waals surface area contributed by atoms with E-state index in [1.54, 1.807) is 12.3 Å². The van der Waals surface area contributed by atoms with Crippen molar-refractivity contribution < 1.29 is 4.39 Å². The van der Waals surface area contributed by atoms with Gasteiger partial charge in [0.15, 0.2) is 0 Å². The molecule has 0 fully saturated rings. The molecule has 1 aromatic carbocycles. The third-order valence-electron chi connectivity index (χ3n) is 2.42. The molecule has 0 aliphatic heterocycles. The largest absolute Gasteiger partial charge is 0.397 e. The average Bonchev–Trinajstić information content (AvgIpc) is 2.66. The Morgan fingerprint density at radius 1 is 1.50 bits per heavy atom. The van der Waals surface area contributed by atoms with Crippen molar-refractivity contribution in [1.29, 1.82) is 0 Å². The molecule has 1 aromatic heterocycles. The minimum atomic E-state index is -0.305. The molecule has 0 bridgehead atoms. The Bertz CT molecular complexity index is 492. The van der Waals surface area contributed by atoms with Gasteiger partial charge in [-0.15, -0.1) is 0 Å². The molecule has 0 aliphatic carbocycles. The number of aromatic nitrogens is 2. The SMILES string of the molecule is Cc1[nH]ncc1CNc1cc(F)ccc1N. The Labute approximate surface area is 92.7 Å². The van der Waals surface area contributed by atoms with Gasteiger partial charge in [0.1, 0.15) is 5.82 Å². The molecule has 0 saturated carbocycles. The second kappa shape index (κ2) is 4.22. The highest BCUT2D eigenvalue weighted by Crippen LogP contribution is 2.20. The highest BCUT2D eigenvalue weighted by molar-refractivity contribution is 5.65. The van der Waals surface area contributed by atoms with Crippen molar-refractivity contribution in [1.82, 2.24) is 10.2 Å². The first kappa shape index (κ1) is 10.5. The number of aryl methyl sites for hydroxylation is 1. The van der Waals surface area contributed by atoms with Crippen LogP contribution < -0.4 is 11.1 Å². The van der Waals surface area contributed by atoms with Gasteiger partial charge in [-0.3, -0.25) is 5.10 Å². The Morgan fingerprint density at radius 3 is 3.00 bits per heavy atom. The minimum Gasteiger partial charge on any atom is -0.397 e. The lowest BCUT2D eigenvalue weighted by molar-refractivity contribution is 0.628. The van der Waals surface area contributed by atoms with E-state index in [1.807, 2.05) is 6.92 Å². The zero-order chi connectivity index (χ0) is 11.5. The van der Waals surface area contributed by atoms with Gasteiger partial charge in [0.25, 0.3) is 0 Å². The normalized spacial score (nSPS) is 10.4. The van der Waals surface area contributed by atoms with Crippen LogP contribution in [0.15, 0.2) is 24.4 Å². The third kappa shape index (κ3) is 2.13. The summed E-state index contributed by atoms with van der Waals surface area (Å²) in [6.07, 6.45) is 1.73. The number of H-pyrrole nitrogens is 1. The van der Waals surface area contributed by atoms with Crippen molar-refractivity contribution in [2.24, 2.45) is 0 Å². The standard InChI is InChI=1S/C11H13FN4/c1-7-8(6-15-16-7)5-14-11-4-9(12)2-3-10(11)13/h2-4,6,14H,5,13H2,1H3,(H,15,16). The van der Waals surface area contributed by atoms with E-state index in [9.17, 15) is 4.39 Å². The fraction of sp³-hybridized carbons (Fsp3) is 0.182. The lowest BCUT2D eigenvalue weighted by Crippen LogP contribution is -2.03. The summed E-state index contributed by atoms with van der Waals surface area (Å²) in [5.41, 5.74) is 8.86. The Balaban J connectivity index is 2.10. The molecule has 0 aliphatic rings. The molecule has 1 heterocycles. The second-order valence-electron chi connectivity index (χ2n) is 3.61. The van der Waals surface area contributed by atoms with E-state index in [-0.39, 0.29) is 5.82 Å². The van der Waals surface area contributed by atoms with E-state index in [4.69, 9.17) is 5.73 Å². The summed E-state index contributed by atoms with van der Waals surface area (Å²) in [6.45, 7) is 2.49. The molecule has 16 heavy (non-hydrogen) atoms. The summed E-state index contributed by atoms with van der Waals surface area (Å²) in [5, 5.41) is 9.81. The van der Waals surface area contributed by atoms with E-state index in [0.29, 0.717) is 17.9 Å². The molecule has 0 spiro atoms. The first-order valence-corrected chi connectivity index (χ1v) is 4.94. The van der Waals surface area contributed by atoms with Gasteiger partial charge in [-0.1, -0.05) is 0 Å². The highest BCUT2D eigenvalue weighted by Gasteiger charge is 2.03. The van der Waals surface area contributed by atoms with Crippen LogP contribution in [-0.2, 0) is 6.54 Å². The Morgan fingerprint density at radius 2 is 2.31 bits per heavy atom. The monoisotopic (exact) mass is 220 g/mol. The first-order chi connectivity index (χ1) is 7.66. The number of nitrogens with one attached hydrogen (secondary N) is 2. The molecule has 0 radical (unpaired) electrons. The van der Waals surface area contributed by atoms with Gasteiger partial charge in [-0.2, -0.15) is 5.10 Å². The third-order valence-corrected chi connectivity index (χ3v) is 2.42. The number of aromatic amines is 1. The fourth-order valence-electron chi connectivity index (χ4n) is 1.43. The smallest absolute Gasteiger partial charge is 0.125 e. The number of hydrogen-bond acceptors (Lipinski definition) is 3. The van der Waals surface area contributed by atoms with Gasteiger partial charge < -0.3 is 11.1 Å². The zero-order valence-corrected chi connectivity index (χ0v) is 8.92. The molecular formula is C11H13FN4. The molecule has 0 amide bonds. The molecule has 0 atom stereocenters. The van der Waals surface area contributed by atoms with Crippen molar-refractivity contribution >= 4 is 11.4 Å². The fourth-order valence-corrected chi connectivity index (χ4v) is 1.43. The first-order valence-electron chi connectivity index (χ1n) is 4.94. The van der Waals surface area contributed by atoms with Crippen LogP contribution in [0, 0.1) is 12.7 Å². The number of hydrogen-bond donors (Lipinski definition) is 3. The molecule has 84 valence electrons. The summed E-state index contributed by atoms with van der Waals surface area (Å²) in [4.78, 5) is 0. The van der Waals surface area contributed by atoms with Crippen LogP contribution in [0.2, 0.25) is 0 Å². The van der Waals surface area contributed by atoms with Crippen LogP contribution in [-0.4, -0.2) is 10.2 Å². The van der Waals surface area contributed by atoms with Crippen molar-refractivity contribution in [2.45, 2.75) is 13.5 Å². The van der Waals surface area contributed by atoms with Gasteiger partial charge in [0, 0.05) is 17.8 Å². The maximum Gasteiger partial charge on any atom is 0.125 e. The van der Waals surface area contributed by atoms with E-state index in [0.717, 1.165) is 11.3 Å². The Kier molecular flexibility index (Phi) is 2.76. The van der Waals surface area contributed by atoms with Gasteiger partial charge >= 0.3 is 0 Å². The van der Waals surface area contributed by atoms with Crippen molar-refractivity contribution in [3.63, 3.8) is 0 Å². The number of halogens is 1. The molecule has 4 nitrogen and oxygen atoms in total. The van der Waals surface area contributed by atoms with Gasteiger partial charge in [0.2, 0.25) is 0 Å². The lowest BCUT2D eigenvalue weighted by Gasteiger charge is -2.08. The van der Waals surface area contributed by atoms with Crippen LogP contribution in [0.1, 0.15) is 11.3 Å². The second-order valence-corrected chi connectivity index (χ2v) is 3.61. The summed E-state index contributed by atoms with van der Waals surface area (Å²) in [6, 6.07) is 4.26. The summed E-state index contributed by atoms with van der Waals surface area (Å²) >= 11 is 0. The van der Waals surface area contributed by atoms with Crippen molar-refractivity contribution in [3.05, 3.63) is 41.5 Å². The van der Waals surface area contributed by atoms with Crippen LogP contribution in [0.4, 0.5) is 15.8 Å². The van der Waals surface area contributed by atoms with Crippen LogP contribution in [0.5, 0.6) is 0 Å². The molecule has 0 unspecified atom stereocenters. The number of nitrogen functional groups attached to an aromatic ring is 1. The molecule has 0 saturated heterocycles. The van der Waals surface area contributed by atoms with Crippen LogP contribution >= 0.6 is 0 Å². The van der Waals surface area contributed by atoms with Gasteiger partial charge in [-0.05, 0) is 25.1 Å². The van der Waals surface area contributed by atoms with Gasteiger partial charge in [0.05, 0.1) is 17.6 Å². The van der Waals surface area contributed by atoms with E-state index in [1.165, 1.54) is 12.1 Å². The molecular weight excluding hydrogens is 207 g/mol. The number of benzene rings is 1. The minimum absolute atomic E-state index is 0.305. The van der Waals surface area contributed by atoms with Gasteiger partial charge in [-0.25, -0.2) is 4.39 Å². The molecule has 5 heteroatoms. The molecule has 4 N–H and O–H groups in total. The van der Waals surface area contributed by atoms with Crippen LogP contribution in [0.25, 0.3) is 0 Å². The summed E-state index contributed by atoms with van der Waals surface area (Å²) < 4.78 is 13.0. The van der Waals surface area contributed by atoms with E-state index in [2.05, 4.69) is 15.5 Å². The maximum absolute atomic E-state index is 13.0. The summed E-state index contributed by atoms with van der Waals surface area (Å²) in [7, 11) is 0. The van der Waals surface area contributed by atoms with Crippen LogP contribution in [0.3, 0.4) is 0 Å². The quantitative estimate of drug-likeness (QED) is 0.693. The topological polar surface area (TPSA) is 66.7 Å². The Hall–Kier alpha value is -2.04. The number of nitrogens with two attached hydrogens (primary N) is 1. The maximum atomic E-state index is 13.0. The van der Waals surface area contributed by atoms with Crippen molar-refractivity contribution in [2.75, 3.05) is 11.1 Å². The van der Waals surface area contributed by atoms with Crippen molar-refractivity contribution in [3.8, 4) is 0 Å². The average molecular weight is 220 g/mol. The predicted octanol–water partition coefficient (Wildman–Crippen LogP) is 2.05. The molecule has 2 aromatic rings. The van der Waals surface area contributed by atoms with E-state index >= 15 is 0 Å². The number of nitrogens with zero attached hydrogens (tertiary/aromatic N) is 1. The number of rotatable bonds is 3. The highest BCUT2D eigenvalue weighted by atomic mass is 19.1. The zero-order valence-electron chi connectivity index (χ0n) is 8.92. The summed E-state index contributed by atoms with van der Waals surface area (Å²) in [5.74, 6) is -0.305.